The van der Waals surface area contributed by atoms with Gasteiger partial charge in [0.15, 0.2) is 5.82 Å². The highest BCUT2D eigenvalue weighted by molar-refractivity contribution is 7.18. The average Bonchev–Trinajstić information content (AvgIpc) is 3.54. The third-order valence-electron chi connectivity index (χ3n) is 5.94. The predicted molar refractivity (Wildman–Crippen MR) is 134 cm³/mol. The summed E-state index contributed by atoms with van der Waals surface area (Å²) in [6.07, 6.45) is 4.94. The number of anilines is 1. The molecule has 0 spiro atoms. The second kappa shape index (κ2) is 9.11. The Labute approximate surface area is 200 Å². The minimum absolute atomic E-state index is 0.215. The number of benzene rings is 1. The molecule has 170 valence electrons. The van der Waals surface area contributed by atoms with Crippen LogP contribution in [0.5, 0.6) is 0 Å². The van der Waals surface area contributed by atoms with Crippen molar-refractivity contribution in [3.05, 3.63) is 57.3 Å². The molecule has 0 aliphatic heterocycles. The van der Waals surface area contributed by atoms with Gasteiger partial charge < -0.3 is 14.6 Å². The number of fused-ring (bicyclic) bond motifs is 2. The van der Waals surface area contributed by atoms with Crippen molar-refractivity contribution >= 4 is 50.6 Å². The fourth-order valence-electron chi connectivity index (χ4n) is 4.43. The number of carbonyl (C=O) groups is 2. The maximum absolute atomic E-state index is 13.1. The first kappa shape index (κ1) is 21.9. The van der Waals surface area contributed by atoms with E-state index >= 15 is 0 Å². The van der Waals surface area contributed by atoms with Crippen molar-refractivity contribution < 1.29 is 14.3 Å². The Hall–Kier alpha value is -2.97. The molecule has 0 bridgehead atoms. The normalized spacial score (nSPS) is 13.2. The van der Waals surface area contributed by atoms with Crippen molar-refractivity contribution in [2.24, 2.45) is 0 Å². The highest BCUT2D eigenvalue weighted by Crippen LogP contribution is 2.39. The molecule has 0 unspecified atom stereocenters. The van der Waals surface area contributed by atoms with E-state index in [1.165, 1.54) is 34.7 Å². The van der Waals surface area contributed by atoms with Crippen LogP contribution in [0, 0.1) is 0 Å². The maximum Gasteiger partial charge on any atom is 0.341 e. The van der Waals surface area contributed by atoms with Crippen LogP contribution in [0.25, 0.3) is 21.7 Å². The summed E-state index contributed by atoms with van der Waals surface area (Å²) in [5, 5.41) is 3.58. The van der Waals surface area contributed by atoms with Gasteiger partial charge in [-0.25, -0.2) is 9.78 Å². The van der Waals surface area contributed by atoms with Gasteiger partial charge in [0.05, 0.1) is 33.5 Å². The summed E-state index contributed by atoms with van der Waals surface area (Å²) >= 11 is 2.92. The Kier molecular flexibility index (Phi) is 6.03. The van der Waals surface area contributed by atoms with Gasteiger partial charge in [-0.2, -0.15) is 0 Å². The summed E-state index contributed by atoms with van der Waals surface area (Å²) in [4.78, 5) is 33.2. The largest absolute Gasteiger partial charge is 0.465 e. The van der Waals surface area contributed by atoms with E-state index in [1.54, 1.807) is 0 Å². The second-order valence-corrected chi connectivity index (χ2v) is 10.3. The van der Waals surface area contributed by atoms with Crippen molar-refractivity contribution in [2.45, 2.75) is 45.6 Å². The third kappa shape index (κ3) is 3.98. The monoisotopic (exact) mass is 479 g/mol. The third-order valence-corrected chi connectivity index (χ3v) is 8.23. The van der Waals surface area contributed by atoms with Crippen LogP contribution < -0.4 is 5.32 Å². The molecule has 33 heavy (non-hydrogen) atoms. The number of para-hydroxylation sites is 2. The van der Waals surface area contributed by atoms with E-state index in [0.29, 0.717) is 15.4 Å². The van der Waals surface area contributed by atoms with E-state index in [0.717, 1.165) is 65.9 Å². The number of rotatable bonds is 6. The molecule has 5 rings (SSSR count). The average molecular weight is 480 g/mol. The van der Waals surface area contributed by atoms with Crippen molar-refractivity contribution in [1.82, 2.24) is 9.55 Å². The minimum Gasteiger partial charge on any atom is -0.465 e. The van der Waals surface area contributed by atoms with Gasteiger partial charge in [-0.05, 0) is 61.9 Å². The lowest BCUT2D eigenvalue weighted by molar-refractivity contribution is 0.0601. The number of methoxy groups -OCH3 is 1. The van der Waals surface area contributed by atoms with Gasteiger partial charge in [0.2, 0.25) is 0 Å². The number of aromatic nitrogens is 2. The molecule has 1 N–H and O–H groups in total. The number of esters is 1. The van der Waals surface area contributed by atoms with E-state index in [9.17, 15) is 9.59 Å². The lowest BCUT2D eigenvalue weighted by Gasteiger charge is -2.11. The van der Waals surface area contributed by atoms with E-state index in [-0.39, 0.29) is 11.9 Å². The molecule has 4 aromatic rings. The summed E-state index contributed by atoms with van der Waals surface area (Å²) in [5.74, 6) is 0.280. The molecule has 0 radical (unpaired) electrons. The fraction of sp³-hybridized carbons (Fsp3) is 0.320. The quantitative estimate of drug-likeness (QED) is 0.337. The van der Waals surface area contributed by atoms with Gasteiger partial charge >= 0.3 is 5.97 Å². The van der Waals surface area contributed by atoms with Crippen LogP contribution in [0.3, 0.4) is 0 Å². The molecule has 1 amide bonds. The molecule has 6 nitrogen and oxygen atoms in total. The Morgan fingerprint density at radius 3 is 2.76 bits per heavy atom. The van der Waals surface area contributed by atoms with Crippen LogP contribution in [-0.4, -0.2) is 28.5 Å². The minimum atomic E-state index is -0.384. The Morgan fingerprint density at radius 2 is 1.94 bits per heavy atom. The van der Waals surface area contributed by atoms with Crippen molar-refractivity contribution in [3.63, 3.8) is 0 Å². The van der Waals surface area contributed by atoms with Gasteiger partial charge in [-0.1, -0.05) is 19.1 Å². The summed E-state index contributed by atoms with van der Waals surface area (Å²) < 4.78 is 7.24. The van der Waals surface area contributed by atoms with Crippen LogP contribution >= 0.6 is 22.7 Å². The first-order chi connectivity index (χ1) is 16.1. The van der Waals surface area contributed by atoms with Gasteiger partial charge in [-0.15, -0.1) is 22.7 Å². The number of hydrogen-bond donors (Lipinski definition) is 1. The second-order valence-electron chi connectivity index (χ2n) is 8.10. The molecule has 3 aromatic heterocycles. The molecule has 1 aliphatic carbocycles. The van der Waals surface area contributed by atoms with Crippen LogP contribution in [0.15, 0.2) is 36.4 Å². The van der Waals surface area contributed by atoms with E-state index in [4.69, 9.17) is 9.72 Å². The van der Waals surface area contributed by atoms with Crippen molar-refractivity contribution in [2.75, 3.05) is 12.4 Å². The summed E-state index contributed by atoms with van der Waals surface area (Å²) in [6.45, 7) is 3.00. The number of nitrogens with zero attached hydrogens (tertiary/aromatic N) is 2. The first-order valence-electron chi connectivity index (χ1n) is 11.2. The SMILES string of the molecule is CCCn1c(-c2ccc(C(=O)Nc3sc4c(c3C(=O)OC)CCCC4)s2)nc2ccccc21. The molecule has 3 heterocycles. The van der Waals surface area contributed by atoms with Gasteiger partial charge in [0, 0.05) is 11.4 Å². The Morgan fingerprint density at radius 1 is 1.12 bits per heavy atom. The zero-order valence-corrected chi connectivity index (χ0v) is 20.3. The molecule has 8 heteroatoms. The molecule has 1 aliphatic rings. The van der Waals surface area contributed by atoms with Crippen molar-refractivity contribution in [1.29, 1.82) is 0 Å². The van der Waals surface area contributed by atoms with Gasteiger partial charge in [0.1, 0.15) is 5.00 Å². The fourth-order valence-corrected chi connectivity index (χ4v) is 6.60. The number of aryl methyl sites for hydroxylation is 2. The van der Waals surface area contributed by atoms with Crippen LogP contribution in [0.1, 0.15) is 56.7 Å². The molecule has 0 saturated heterocycles. The Balaban J connectivity index is 1.46. The maximum atomic E-state index is 13.1. The lowest BCUT2D eigenvalue weighted by Crippen LogP contribution is -2.14. The van der Waals surface area contributed by atoms with Gasteiger partial charge in [-0.3, -0.25) is 4.79 Å². The van der Waals surface area contributed by atoms with Crippen LogP contribution in [0.4, 0.5) is 5.00 Å². The molecule has 0 saturated carbocycles. The number of hydrogen-bond acceptors (Lipinski definition) is 6. The zero-order valence-electron chi connectivity index (χ0n) is 18.6. The summed E-state index contributed by atoms with van der Waals surface area (Å²) in [7, 11) is 1.38. The van der Waals surface area contributed by atoms with Crippen LogP contribution in [-0.2, 0) is 24.1 Å². The molecular weight excluding hydrogens is 454 g/mol. The summed E-state index contributed by atoms with van der Waals surface area (Å²) in [5.41, 5.74) is 3.61. The number of amides is 1. The van der Waals surface area contributed by atoms with E-state index in [1.807, 2.05) is 30.3 Å². The number of nitrogens with one attached hydrogen (secondary N) is 1. The summed E-state index contributed by atoms with van der Waals surface area (Å²) in [6, 6.07) is 11.9. The Bertz CT molecular complexity index is 1350. The van der Waals surface area contributed by atoms with E-state index < -0.39 is 0 Å². The number of ether oxygens (including phenoxy) is 1. The molecule has 0 fully saturated rings. The van der Waals surface area contributed by atoms with Gasteiger partial charge in [0.25, 0.3) is 5.91 Å². The molecule has 0 atom stereocenters. The molecular formula is C25H25N3O3S2. The van der Waals surface area contributed by atoms with E-state index in [2.05, 4.69) is 22.9 Å². The van der Waals surface area contributed by atoms with Crippen molar-refractivity contribution in [3.8, 4) is 10.7 Å². The highest BCUT2D eigenvalue weighted by atomic mass is 32.1. The predicted octanol–water partition coefficient (Wildman–Crippen LogP) is 6.15. The zero-order chi connectivity index (χ0) is 22.9. The topological polar surface area (TPSA) is 73.2 Å². The lowest BCUT2D eigenvalue weighted by atomic mass is 9.95. The number of carbonyl (C=O) groups excluding carboxylic acids is 2. The van der Waals surface area contributed by atoms with Crippen LogP contribution in [0.2, 0.25) is 0 Å². The first-order valence-corrected chi connectivity index (χ1v) is 12.8. The standard InChI is InChI=1S/C25H25N3O3S2/c1-3-14-28-17-10-6-5-9-16(17)26-22(28)19-12-13-20(32-19)23(29)27-24-21(25(30)31-2)15-8-4-7-11-18(15)33-24/h5-6,9-10,12-13H,3-4,7-8,11,14H2,1-2H3,(H,27,29). The number of thiophene rings is 2. The number of imidazole rings is 1. The smallest absolute Gasteiger partial charge is 0.341 e. The highest BCUT2D eigenvalue weighted by Gasteiger charge is 2.27. The molecule has 1 aromatic carbocycles.